The summed E-state index contributed by atoms with van der Waals surface area (Å²) in [7, 11) is 0. The van der Waals surface area contributed by atoms with Crippen molar-refractivity contribution in [3.05, 3.63) is 33.0 Å². The molecule has 0 radical (unpaired) electrons. The highest BCUT2D eigenvalue weighted by Gasteiger charge is 2.20. The molecule has 0 nitrogen and oxygen atoms in total. The second-order valence-corrected chi connectivity index (χ2v) is 5.71. The van der Waals surface area contributed by atoms with Gasteiger partial charge in [0.05, 0.1) is 0 Å². The summed E-state index contributed by atoms with van der Waals surface area (Å²) >= 11 is 9.41. The van der Waals surface area contributed by atoms with Crippen molar-refractivity contribution in [2.75, 3.05) is 0 Å². The predicted octanol–water partition coefficient (Wildman–Crippen LogP) is 5.57. The van der Waals surface area contributed by atoms with Gasteiger partial charge >= 0.3 is 0 Å². The summed E-state index contributed by atoms with van der Waals surface area (Å²) in [4.78, 5) is 0. The maximum absolute atomic E-state index is 13.9. The van der Waals surface area contributed by atoms with E-state index in [4.69, 9.17) is 11.6 Å². The molecule has 0 unspecified atom stereocenters. The monoisotopic (exact) mass is 306 g/mol. The number of hydrogen-bond acceptors (Lipinski definition) is 0. The second-order valence-electron chi connectivity index (χ2n) is 4.59. The van der Waals surface area contributed by atoms with Crippen molar-refractivity contribution < 1.29 is 4.39 Å². The van der Waals surface area contributed by atoms with Gasteiger partial charge in [0.2, 0.25) is 0 Å². The van der Waals surface area contributed by atoms with Gasteiger partial charge in [-0.3, -0.25) is 0 Å². The zero-order chi connectivity index (χ0) is 12.5. The molecule has 3 heteroatoms. The van der Waals surface area contributed by atoms with Gasteiger partial charge in [-0.2, -0.15) is 0 Å². The molecule has 0 saturated heterocycles. The van der Waals surface area contributed by atoms with Gasteiger partial charge in [-0.15, -0.1) is 11.6 Å². The number of halogens is 3. The first-order valence-electron chi connectivity index (χ1n) is 5.46. The van der Waals surface area contributed by atoms with E-state index in [1.54, 1.807) is 6.07 Å². The lowest BCUT2D eigenvalue weighted by molar-refractivity contribution is 0.591. The average Bonchev–Trinajstić information content (AvgIpc) is 2.14. The molecular formula is C13H17BrClF. The summed E-state index contributed by atoms with van der Waals surface area (Å²) in [5.74, 6) is 0.680. The van der Waals surface area contributed by atoms with Crippen molar-refractivity contribution in [3.8, 4) is 0 Å². The molecule has 0 aliphatic rings. The van der Waals surface area contributed by atoms with Crippen LogP contribution in [0.2, 0.25) is 0 Å². The van der Waals surface area contributed by atoms with E-state index >= 15 is 0 Å². The molecule has 0 N–H and O–H groups in total. The lowest BCUT2D eigenvalue weighted by Gasteiger charge is -2.20. The normalized spacial score (nSPS) is 11.6. The van der Waals surface area contributed by atoms with E-state index < -0.39 is 0 Å². The van der Waals surface area contributed by atoms with Crippen molar-refractivity contribution in [2.24, 2.45) is 0 Å². The van der Waals surface area contributed by atoms with Crippen LogP contribution in [-0.2, 0) is 5.88 Å². The lowest BCUT2D eigenvalue weighted by atomic mass is 9.89. The molecule has 0 aliphatic heterocycles. The number of alkyl halides is 1. The molecule has 0 amide bonds. The van der Waals surface area contributed by atoms with Crippen LogP contribution in [0.3, 0.4) is 0 Å². The Balaban J connectivity index is 3.56. The quantitative estimate of drug-likeness (QED) is 0.640. The van der Waals surface area contributed by atoms with Crippen LogP contribution in [0.4, 0.5) is 4.39 Å². The highest BCUT2D eigenvalue weighted by atomic mass is 79.9. The van der Waals surface area contributed by atoms with Crippen LogP contribution in [0.15, 0.2) is 10.5 Å². The Hall–Kier alpha value is -0.0800. The molecule has 0 fully saturated rings. The molecule has 16 heavy (non-hydrogen) atoms. The van der Waals surface area contributed by atoms with Gasteiger partial charge in [-0.1, -0.05) is 43.6 Å². The van der Waals surface area contributed by atoms with Gasteiger partial charge in [-0.25, -0.2) is 4.39 Å². The molecule has 90 valence electrons. The Morgan fingerprint density at radius 2 is 1.69 bits per heavy atom. The van der Waals surface area contributed by atoms with Gasteiger partial charge in [-0.05, 0) is 34.6 Å². The van der Waals surface area contributed by atoms with E-state index in [0.717, 1.165) is 21.2 Å². The van der Waals surface area contributed by atoms with Gasteiger partial charge in [0.25, 0.3) is 0 Å². The van der Waals surface area contributed by atoms with Crippen molar-refractivity contribution in [3.63, 3.8) is 0 Å². The molecule has 0 aromatic heterocycles. The van der Waals surface area contributed by atoms with E-state index in [9.17, 15) is 4.39 Å². The van der Waals surface area contributed by atoms with Crippen LogP contribution < -0.4 is 0 Å². The topological polar surface area (TPSA) is 0 Å². The lowest BCUT2D eigenvalue weighted by Crippen LogP contribution is -2.06. The number of rotatable bonds is 3. The summed E-state index contributed by atoms with van der Waals surface area (Å²) in [5, 5.41) is 0. The van der Waals surface area contributed by atoms with Gasteiger partial charge in [0.15, 0.2) is 0 Å². The predicted molar refractivity (Wildman–Crippen MR) is 71.8 cm³/mol. The first-order valence-corrected chi connectivity index (χ1v) is 6.79. The minimum Gasteiger partial charge on any atom is -0.207 e. The van der Waals surface area contributed by atoms with E-state index in [2.05, 4.69) is 29.8 Å². The summed E-state index contributed by atoms with van der Waals surface area (Å²) < 4.78 is 14.7. The van der Waals surface area contributed by atoms with Crippen LogP contribution in [0.5, 0.6) is 0 Å². The molecule has 0 heterocycles. The Kier molecular flexibility index (Phi) is 4.81. The van der Waals surface area contributed by atoms with Crippen molar-refractivity contribution >= 4 is 27.5 Å². The molecule has 1 aromatic rings. The van der Waals surface area contributed by atoms with Crippen molar-refractivity contribution in [1.29, 1.82) is 0 Å². The molecule has 0 bridgehead atoms. The standard InChI is InChI=1S/C13H17BrClF/c1-7(2)12-9(6-15)13(8(3)4)11(16)5-10(12)14/h5,7-8H,6H2,1-4H3. The zero-order valence-electron chi connectivity index (χ0n) is 10.1. The fraction of sp³-hybridized carbons (Fsp3) is 0.538. The van der Waals surface area contributed by atoms with E-state index in [-0.39, 0.29) is 11.7 Å². The second kappa shape index (κ2) is 5.50. The summed E-state index contributed by atoms with van der Waals surface area (Å²) in [5.41, 5.74) is 2.82. The minimum atomic E-state index is -0.165. The molecule has 0 aliphatic carbocycles. The molecule has 0 spiro atoms. The van der Waals surface area contributed by atoms with Crippen molar-refractivity contribution in [2.45, 2.75) is 45.4 Å². The van der Waals surface area contributed by atoms with E-state index in [1.807, 2.05) is 13.8 Å². The SMILES string of the molecule is CC(C)c1c(F)cc(Br)c(C(C)C)c1CCl. The largest absolute Gasteiger partial charge is 0.207 e. The first-order chi connectivity index (χ1) is 7.40. The highest BCUT2D eigenvalue weighted by molar-refractivity contribution is 9.10. The molecule has 0 atom stereocenters. The molecular weight excluding hydrogens is 290 g/mol. The molecule has 1 rings (SSSR count). The van der Waals surface area contributed by atoms with E-state index in [1.165, 1.54) is 0 Å². The number of hydrogen-bond donors (Lipinski definition) is 0. The fourth-order valence-corrected chi connectivity index (χ4v) is 3.28. The van der Waals surface area contributed by atoms with Crippen LogP contribution in [-0.4, -0.2) is 0 Å². The average molecular weight is 308 g/mol. The summed E-state index contributed by atoms with van der Waals surface area (Å²) in [6.07, 6.45) is 0. The van der Waals surface area contributed by atoms with Crippen molar-refractivity contribution in [1.82, 2.24) is 0 Å². The maximum atomic E-state index is 13.9. The Morgan fingerprint density at radius 3 is 2.06 bits per heavy atom. The third-order valence-electron chi connectivity index (χ3n) is 2.71. The Bertz CT molecular complexity index is 354. The first kappa shape index (κ1) is 14.0. The van der Waals surface area contributed by atoms with Gasteiger partial charge < -0.3 is 0 Å². The third kappa shape index (κ3) is 2.60. The molecule has 1 aromatic carbocycles. The smallest absolute Gasteiger partial charge is 0.128 e. The van der Waals surface area contributed by atoms with Crippen LogP contribution in [0, 0.1) is 5.82 Å². The number of benzene rings is 1. The third-order valence-corrected chi connectivity index (χ3v) is 3.63. The highest BCUT2D eigenvalue weighted by Crippen LogP contribution is 2.36. The van der Waals surface area contributed by atoms with Gasteiger partial charge in [0.1, 0.15) is 5.82 Å². The van der Waals surface area contributed by atoms with Crippen LogP contribution in [0.1, 0.15) is 56.2 Å². The van der Waals surface area contributed by atoms with Crippen LogP contribution >= 0.6 is 27.5 Å². The molecule has 0 saturated carbocycles. The van der Waals surface area contributed by atoms with Crippen LogP contribution in [0.25, 0.3) is 0 Å². The van der Waals surface area contributed by atoms with E-state index in [0.29, 0.717) is 11.8 Å². The Labute approximate surface area is 110 Å². The zero-order valence-corrected chi connectivity index (χ0v) is 12.4. The Morgan fingerprint density at radius 1 is 1.19 bits per heavy atom. The fourth-order valence-electron chi connectivity index (χ4n) is 2.09. The summed E-state index contributed by atoms with van der Waals surface area (Å²) in [6, 6.07) is 1.56. The summed E-state index contributed by atoms with van der Waals surface area (Å²) in [6.45, 7) is 8.18. The minimum absolute atomic E-state index is 0.152. The maximum Gasteiger partial charge on any atom is 0.128 e. The van der Waals surface area contributed by atoms with Gasteiger partial charge in [0, 0.05) is 10.4 Å².